The van der Waals surface area contributed by atoms with Crippen molar-refractivity contribution in [3.8, 4) is 5.75 Å². The van der Waals surface area contributed by atoms with E-state index in [-0.39, 0.29) is 40.7 Å². The number of rotatable bonds is 18. The van der Waals surface area contributed by atoms with Crippen LogP contribution in [0.2, 0.25) is 28.7 Å². The van der Waals surface area contributed by atoms with Crippen LogP contribution in [0.5, 0.6) is 5.75 Å². The van der Waals surface area contributed by atoms with E-state index in [4.69, 9.17) is 18.3 Å². The van der Waals surface area contributed by atoms with Gasteiger partial charge in [-0.25, -0.2) is 0 Å². The molecule has 2 aromatic rings. The molecule has 2 aromatic carbocycles. The van der Waals surface area contributed by atoms with Gasteiger partial charge < -0.3 is 23.4 Å². The zero-order valence-corrected chi connectivity index (χ0v) is 35.3. The number of hydrogen-bond acceptors (Lipinski definition) is 5. The fourth-order valence-corrected chi connectivity index (χ4v) is 15.0. The van der Waals surface area contributed by atoms with Crippen molar-refractivity contribution < 1.29 is 23.4 Å². The van der Waals surface area contributed by atoms with Crippen LogP contribution < -0.4 is 9.92 Å². The molecule has 7 heteroatoms. The molecule has 278 valence electrons. The first kappa shape index (κ1) is 41.9. The largest absolute Gasteiger partial charge is 0.497 e. The van der Waals surface area contributed by atoms with Crippen molar-refractivity contribution in [2.45, 2.75) is 155 Å². The van der Waals surface area contributed by atoms with Gasteiger partial charge in [-0.3, -0.25) is 0 Å². The van der Waals surface area contributed by atoms with Crippen LogP contribution in [0.4, 0.5) is 0 Å². The van der Waals surface area contributed by atoms with Crippen LogP contribution >= 0.6 is 0 Å². The summed E-state index contributed by atoms with van der Waals surface area (Å²) in [5, 5.41) is 12.0. The first-order valence-electron chi connectivity index (χ1n) is 19.2. The normalized spacial score (nSPS) is 19.4. The molecule has 1 saturated carbocycles. The third-order valence-electron chi connectivity index (χ3n) is 11.8. The number of aliphatic hydroxyl groups is 1. The van der Waals surface area contributed by atoms with E-state index >= 15 is 0 Å². The van der Waals surface area contributed by atoms with Gasteiger partial charge in [0.25, 0.3) is 0 Å². The molecule has 0 radical (unpaired) electrons. The van der Waals surface area contributed by atoms with Crippen molar-refractivity contribution in [2.24, 2.45) is 17.8 Å². The average Bonchev–Trinajstić information content (AvgIpc) is 3.07. The van der Waals surface area contributed by atoms with Crippen LogP contribution in [0.1, 0.15) is 113 Å². The Kier molecular flexibility index (Phi) is 15.7. The molecule has 1 N–H and O–H groups in total. The Bertz CT molecular complexity index is 1220. The van der Waals surface area contributed by atoms with E-state index in [2.05, 4.69) is 118 Å². The predicted molar refractivity (Wildman–Crippen MR) is 212 cm³/mol. The Balaban J connectivity index is 1.85. The number of methoxy groups -OCH3 is 1. The van der Waals surface area contributed by atoms with Gasteiger partial charge in [-0.05, 0) is 70.4 Å². The molecule has 1 fully saturated rings. The van der Waals surface area contributed by atoms with E-state index in [1.54, 1.807) is 7.11 Å². The highest BCUT2D eigenvalue weighted by atomic mass is 28.4. The van der Waals surface area contributed by atoms with Gasteiger partial charge in [0.2, 0.25) is 8.32 Å². The highest BCUT2D eigenvalue weighted by molar-refractivity contribution is 6.90. The van der Waals surface area contributed by atoms with Crippen LogP contribution in [-0.2, 0) is 20.2 Å². The highest BCUT2D eigenvalue weighted by Crippen LogP contribution is 2.50. The molecule has 6 atom stereocenters. The summed E-state index contributed by atoms with van der Waals surface area (Å²) in [6, 6.07) is 19.4. The maximum Gasteiger partial charge on any atom is 0.232 e. The Hall–Kier alpha value is -1.49. The standard InChI is InChI=1S/C42H72O5Si2/c1-32(30-46-49(42(7,8)9,37-19-15-13-16-20-37)38-21-17-14-18-22-38)23-28-39(45-31-35-24-26-36(44-10)27-25-35)34(3)40(33(2)29-43)47-48(11,12)41(4,5)6/h13,15-16,19-20,24-27,32-34,38-40,43H,14,17-18,21-23,28-31H2,1-12H3/t32-,33-,34-,39+,40-,49?/m0/s1. The number of hydrogen-bond donors (Lipinski definition) is 1. The zero-order valence-electron chi connectivity index (χ0n) is 33.3. The van der Waals surface area contributed by atoms with Crippen molar-refractivity contribution in [1.29, 1.82) is 0 Å². The molecule has 1 aliphatic carbocycles. The van der Waals surface area contributed by atoms with E-state index in [0.29, 0.717) is 18.1 Å². The van der Waals surface area contributed by atoms with Crippen LogP contribution in [-0.4, -0.2) is 54.3 Å². The third kappa shape index (κ3) is 11.0. The van der Waals surface area contributed by atoms with Crippen LogP contribution in [0.3, 0.4) is 0 Å². The zero-order chi connectivity index (χ0) is 36.5. The quantitative estimate of drug-likeness (QED) is 0.156. The summed E-state index contributed by atoms with van der Waals surface area (Å²) in [5.41, 5.74) is 1.77. The van der Waals surface area contributed by atoms with Gasteiger partial charge in [0.05, 0.1) is 25.9 Å². The monoisotopic (exact) mass is 712 g/mol. The lowest BCUT2D eigenvalue weighted by Gasteiger charge is -2.49. The lowest BCUT2D eigenvalue weighted by atomic mass is 9.86. The van der Waals surface area contributed by atoms with Gasteiger partial charge >= 0.3 is 0 Å². The molecule has 0 spiro atoms. The fraction of sp³-hybridized carbons (Fsp3) is 0.714. The van der Waals surface area contributed by atoms with Gasteiger partial charge in [-0.15, -0.1) is 0 Å². The minimum Gasteiger partial charge on any atom is -0.497 e. The molecule has 1 aliphatic rings. The molecular formula is C42H72O5Si2. The van der Waals surface area contributed by atoms with Crippen molar-refractivity contribution in [3.63, 3.8) is 0 Å². The van der Waals surface area contributed by atoms with Crippen LogP contribution in [0, 0.1) is 17.8 Å². The van der Waals surface area contributed by atoms with Crippen LogP contribution in [0.25, 0.3) is 0 Å². The predicted octanol–water partition coefficient (Wildman–Crippen LogP) is 10.7. The number of aliphatic hydroxyl groups excluding tert-OH is 1. The van der Waals surface area contributed by atoms with Crippen molar-refractivity contribution in [1.82, 2.24) is 0 Å². The van der Waals surface area contributed by atoms with E-state index in [1.807, 2.05) is 12.1 Å². The summed E-state index contributed by atoms with van der Waals surface area (Å²) < 4.78 is 26.8. The number of benzene rings is 2. The van der Waals surface area contributed by atoms with E-state index in [1.165, 1.54) is 37.3 Å². The summed E-state index contributed by atoms with van der Waals surface area (Å²) in [4.78, 5) is 0. The van der Waals surface area contributed by atoms with Crippen molar-refractivity contribution in [2.75, 3.05) is 20.3 Å². The lowest BCUT2D eigenvalue weighted by molar-refractivity contribution is -0.0602. The SMILES string of the molecule is COc1ccc(CO[C@H](CC[C@H](C)CO[Si](c2ccccc2)(C2CCCCC2)C(C)(C)C)[C@H](C)[C@@H](O[Si](C)(C)C(C)(C)C)[C@@H](C)CO)cc1. The molecule has 5 nitrogen and oxygen atoms in total. The maximum absolute atomic E-state index is 10.4. The summed E-state index contributed by atoms with van der Waals surface area (Å²) in [6.45, 7) is 26.9. The molecule has 49 heavy (non-hydrogen) atoms. The summed E-state index contributed by atoms with van der Waals surface area (Å²) in [5.74, 6) is 1.35. The minimum absolute atomic E-state index is 0.0109. The molecule has 0 heterocycles. The Morgan fingerprint density at radius 1 is 0.816 bits per heavy atom. The van der Waals surface area contributed by atoms with E-state index in [0.717, 1.165) is 30.8 Å². The molecule has 0 aliphatic heterocycles. The van der Waals surface area contributed by atoms with Gasteiger partial charge in [-0.2, -0.15) is 0 Å². The van der Waals surface area contributed by atoms with Gasteiger partial charge in [-0.1, -0.05) is 137 Å². The third-order valence-corrected chi connectivity index (χ3v) is 22.1. The molecule has 0 amide bonds. The Morgan fingerprint density at radius 2 is 1.43 bits per heavy atom. The lowest BCUT2D eigenvalue weighted by Crippen LogP contribution is -2.61. The molecule has 0 bridgehead atoms. The van der Waals surface area contributed by atoms with E-state index < -0.39 is 16.6 Å². The summed E-state index contributed by atoms with van der Waals surface area (Å²) in [6.07, 6.45) is 8.35. The second-order valence-electron chi connectivity index (χ2n) is 17.7. The Labute approximate surface area is 303 Å². The van der Waals surface area contributed by atoms with E-state index in [9.17, 15) is 5.11 Å². The van der Waals surface area contributed by atoms with Gasteiger partial charge in [0.15, 0.2) is 8.32 Å². The van der Waals surface area contributed by atoms with Crippen molar-refractivity contribution >= 4 is 21.8 Å². The molecule has 0 saturated heterocycles. The summed E-state index contributed by atoms with van der Waals surface area (Å²) in [7, 11) is -2.75. The first-order chi connectivity index (χ1) is 23.0. The Morgan fingerprint density at radius 3 is 1.96 bits per heavy atom. The van der Waals surface area contributed by atoms with Crippen molar-refractivity contribution in [3.05, 3.63) is 60.2 Å². The molecular weight excluding hydrogens is 641 g/mol. The highest BCUT2D eigenvalue weighted by Gasteiger charge is 2.54. The smallest absolute Gasteiger partial charge is 0.232 e. The second-order valence-corrected chi connectivity index (χ2v) is 27.1. The molecule has 3 rings (SSSR count). The minimum atomic E-state index is -2.35. The topological polar surface area (TPSA) is 57.2 Å². The first-order valence-corrected chi connectivity index (χ1v) is 24.1. The molecule has 0 aromatic heterocycles. The van der Waals surface area contributed by atoms with Gasteiger partial charge in [0.1, 0.15) is 5.75 Å². The van der Waals surface area contributed by atoms with Crippen LogP contribution in [0.15, 0.2) is 54.6 Å². The van der Waals surface area contributed by atoms with Gasteiger partial charge in [0, 0.05) is 25.0 Å². The average molecular weight is 713 g/mol. The summed E-state index contributed by atoms with van der Waals surface area (Å²) >= 11 is 0. The fourth-order valence-electron chi connectivity index (χ4n) is 7.70. The molecule has 1 unspecified atom stereocenters. The maximum atomic E-state index is 10.4. The second kappa shape index (κ2) is 18.3. The number of ether oxygens (including phenoxy) is 2.